The second kappa shape index (κ2) is 6.16. The van der Waals surface area contributed by atoms with Gasteiger partial charge in [0, 0.05) is 12.6 Å². The number of likely N-dealkylation sites (tertiary alicyclic amines) is 1. The smallest absolute Gasteiger partial charge is 0.241 e. The SMILES string of the molecule is CCN1CCCC(N2C(=O)C(C)NC2c2ccccc2)C1. The normalized spacial score (nSPS) is 30.9. The van der Waals surface area contributed by atoms with Crippen molar-refractivity contribution in [2.45, 2.75) is 44.9 Å². The average Bonchev–Trinajstić information content (AvgIpc) is 2.84. The van der Waals surface area contributed by atoms with Gasteiger partial charge in [0.05, 0.1) is 6.04 Å². The maximum absolute atomic E-state index is 12.6. The number of nitrogens with zero attached hydrogens (tertiary/aromatic N) is 2. The summed E-state index contributed by atoms with van der Waals surface area (Å²) in [5.74, 6) is 0.242. The van der Waals surface area contributed by atoms with E-state index in [1.54, 1.807) is 0 Å². The summed E-state index contributed by atoms with van der Waals surface area (Å²) < 4.78 is 0. The zero-order valence-corrected chi connectivity index (χ0v) is 13.0. The van der Waals surface area contributed by atoms with Gasteiger partial charge in [0.2, 0.25) is 5.91 Å². The number of benzene rings is 1. The molecule has 0 aliphatic carbocycles. The van der Waals surface area contributed by atoms with Crippen LogP contribution in [-0.2, 0) is 4.79 Å². The van der Waals surface area contributed by atoms with Gasteiger partial charge in [-0.1, -0.05) is 37.3 Å². The van der Waals surface area contributed by atoms with Crippen LogP contribution in [0.1, 0.15) is 38.4 Å². The third-order valence-electron chi connectivity index (χ3n) is 4.75. The Kier molecular flexibility index (Phi) is 4.27. The van der Waals surface area contributed by atoms with Crippen LogP contribution in [0.2, 0.25) is 0 Å². The van der Waals surface area contributed by atoms with Crippen LogP contribution < -0.4 is 5.32 Å². The van der Waals surface area contributed by atoms with Crippen LogP contribution >= 0.6 is 0 Å². The highest BCUT2D eigenvalue weighted by Crippen LogP contribution is 2.30. The van der Waals surface area contributed by atoms with E-state index in [-0.39, 0.29) is 18.1 Å². The van der Waals surface area contributed by atoms with Crippen LogP contribution in [0.4, 0.5) is 0 Å². The standard InChI is InChI=1S/C17H25N3O/c1-3-19-11-7-10-15(12-19)20-16(18-13(2)17(20)21)14-8-5-4-6-9-14/h4-6,8-9,13,15-16,18H,3,7,10-12H2,1-2H3. The molecule has 0 radical (unpaired) electrons. The van der Waals surface area contributed by atoms with Crippen molar-refractivity contribution >= 4 is 5.91 Å². The van der Waals surface area contributed by atoms with Crippen LogP contribution in [0.3, 0.4) is 0 Å². The summed E-state index contributed by atoms with van der Waals surface area (Å²) in [5, 5.41) is 3.46. The van der Waals surface area contributed by atoms with E-state index in [0.29, 0.717) is 6.04 Å². The molecule has 0 bridgehead atoms. The van der Waals surface area contributed by atoms with E-state index < -0.39 is 0 Å². The van der Waals surface area contributed by atoms with Crippen molar-refractivity contribution in [3.8, 4) is 0 Å². The number of carbonyl (C=O) groups excluding carboxylic acids is 1. The van der Waals surface area contributed by atoms with Crippen molar-refractivity contribution in [1.82, 2.24) is 15.1 Å². The van der Waals surface area contributed by atoms with Crippen molar-refractivity contribution in [1.29, 1.82) is 0 Å². The van der Waals surface area contributed by atoms with E-state index in [2.05, 4.69) is 34.2 Å². The van der Waals surface area contributed by atoms with E-state index in [4.69, 9.17) is 0 Å². The molecule has 4 heteroatoms. The summed E-state index contributed by atoms with van der Waals surface area (Å²) in [4.78, 5) is 17.2. The van der Waals surface area contributed by atoms with E-state index in [9.17, 15) is 4.79 Å². The third kappa shape index (κ3) is 2.83. The van der Waals surface area contributed by atoms with Crippen LogP contribution in [0.25, 0.3) is 0 Å². The average molecular weight is 287 g/mol. The van der Waals surface area contributed by atoms with E-state index in [1.165, 1.54) is 12.0 Å². The van der Waals surface area contributed by atoms with Crippen LogP contribution in [0.15, 0.2) is 30.3 Å². The first kappa shape index (κ1) is 14.5. The molecule has 2 heterocycles. The van der Waals surface area contributed by atoms with Gasteiger partial charge >= 0.3 is 0 Å². The fourth-order valence-corrected chi connectivity index (χ4v) is 3.57. The number of amides is 1. The highest BCUT2D eigenvalue weighted by molar-refractivity contribution is 5.84. The monoisotopic (exact) mass is 287 g/mol. The second-order valence-corrected chi connectivity index (χ2v) is 6.14. The number of hydrogen-bond donors (Lipinski definition) is 1. The Labute approximate surface area is 127 Å². The van der Waals surface area contributed by atoms with Crippen molar-refractivity contribution in [2.24, 2.45) is 0 Å². The second-order valence-electron chi connectivity index (χ2n) is 6.14. The number of nitrogens with one attached hydrogen (secondary N) is 1. The molecule has 2 aliphatic rings. The fraction of sp³-hybridized carbons (Fsp3) is 0.588. The fourth-order valence-electron chi connectivity index (χ4n) is 3.57. The third-order valence-corrected chi connectivity index (χ3v) is 4.75. The molecular weight excluding hydrogens is 262 g/mol. The summed E-state index contributed by atoms with van der Waals surface area (Å²) in [6, 6.07) is 10.6. The van der Waals surface area contributed by atoms with Gasteiger partial charge in [-0.15, -0.1) is 0 Å². The number of rotatable bonds is 3. The van der Waals surface area contributed by atoms with Gasteiger partial charge in [-0.2, -0.15) is 0 Å². The molecule has 4 nitrogen and oxygen atoms in total. The first-order valence-corrected chi connectivity index (χ1v) is 8.06. The van der Waals surface area contributed by atoms with Gasteiger partial charge in [-0.3, -0.25) is 10.1 Å². The Morgan fingerprint density at radius 1 is 1.29 bits per heavy atom. The molecule has 3 unspecified atom stereocenters. The van der Waals surface area contributed by atoms with Crippen molar-refractivity contribution in [2.75, 3.05) is 19.6 Å². The Hall–Kier alpha value is -1.39. The lowest BCUT2D eigenvalue weighted by molar-refractivity contribution is -0.133. The molecule has 1 aromatic rings. The maximum atomic E-state index is 12.6. The van der Waals surface area contributed by atoms with Gasteiger partial charge < -0.3 is 9.80 Å². The quantitative estimate of drug-likeness (QED) is 0.923. The first-order chi connectivity index (χ1) is 10.2. The zero-order valence-electron chi connectivity index (χ0n) is 13.0. The van der Waals surface area contributed by atoms with Gasteiger partial charge in [-0.05, 0) is 38.4 Å². The maximum Gasteiger partial charge on any atom is 0.241 e. The van der Waals surface area contributed by atoms with Crippen molar-refractivity contribution in [3.63, 3.8) is 0 Å². The van der Waals surface area contributed by atoms with Crippen molar-refractivity contribution in [3.05, 3.63) is 35.9 Å². The summed E-state index contributed by atoms with van der Waals surface area (Å²) >= 11 is 0. The number of piperidine rings is 1. The predicted octanol–water partition coefficient (Wildman–Crippen LogP) is 1.99. The van der Waals surface area contributed by atoms with Crippen LogP contribution in [0, 0.1) is 0 Å². The van der Waals surface area contributed by atoms with Gasteiger partial charge in [-0.25, -0.2) is 0 Å². The molecule has 3 atom stereocenters. The molecule has 114 valence electrons. The summed E-state index contributed by atoms with van der Waals surface area (Å²) in [7, 11) is 0. The molecule has 1 amide bonds. The summed E-state index contributed by atoms with van der Waals surface area (Å²) in [6.45, 7) is 7.40. The Morgan fingerprint density at radius 3 is 2.76 bits per heavy atom. The molecule has 2 saturated heterocycles. The molecule has 3 rings (SSSR count). The molecule has 2 fully saturated rings. The lowest BCUT2D eigenvalue weighted by atomic mass is 10.0. The molecule has 1 N–H and O–H groups in total. The minimum Gasteiger partial charge on any atom is -0.317 e. The van der Waals surface area contributed by atoms with E-state index >= 15 is 0 Å². The van der Waals surface area contributed by atoms with Gasteiger partial charge in [0.1, 0.15) is 6.17 Å². The van der Waals surface area contributed by atoms with Crippen molar-refractivity contribution < 1.29 is 4.79 Å². The Bertz CT molecular complexity index is 490. The molecular formula is C17H25N3O. The lowest BCUT2D eigenvalue weighted by Crippen LogP contribution is -2.49. The number of hydrogen-bond acceptors (Lipinski definition) is 3. The Morgan fingerprint density at radius 2 is 2.05 bits per heavy atom. The summed E-state index contributed by atoms with van der Waals surface area (Å²) in [5.41, 5.74) is 1.18. The van der Waals surface area contributed by atoms with Crippen LogP contribution in [0.5, 0.6) is 0 Å². The molecule has 2 aliphatic heterocycles. The minimum atomic E-state index is -0.0905. The molecule has 1 aromatic carbocycles. The lowest BCUT2D eigenvalue weighted by Gasteiger charge is -2.39. The number of carbonyl (C=O) groups is 1. The topological polar surface area (TPSA) is 35.6 Å². The predicted molar refractivity (Wildman–Crippen MR) is 83.8 cm³/mol. The van der Waals surface area contributed by atoms with Gasteiger partial charge in [0.15, 0.2) is 0 Å². The first-order valence-electron chi connectivity index (χ1n) is 8.06. The highest BCUT2D eigenvalue weighted by atomic mass is 16.2. The minimum absolute atomic E-state index is 0.0236. The molecule has 0 saturated carbocycles. The van der Waals surface area contributed by atoms with Gasteiger partial charge in [0.25, 0.3) is 0 Å². The Balaban J connectivity index is 1.84. The number of likely N-dealkylation sites (N-methyl/N-ethyl adjacent to an activating group) is 1. The van der Waals surface area contributed by atoms with Crippen LogP contribution in [-0.4, -0.2) is 47.4 Å². The molecule has 0 spiro atoms. The molecule has 0 aromatic heterocycles. The summed E-state index contributed by atoms with van der Waals surface area (Å²) in [6.07, 6.45) is 2.31. The zero-order chi connectivity index (χ0) is 14.8. The largest absolute Gasteiger partial charge is 0.317 e. The highest BCUT2D eigenvalue weighted by Gasteiger charge is 2.41. The van der Waals surface area contributed by atoms with E-state index in [0.717, 1.165) is 26.1 Å². The van der Waals surface area contributed by atoms with E-state index in [1.807, 2.05) is 25.1 Å². The molecule has 21 heavy (non-hydrogen) atoms.